The number of hydrogen-bond acceptors (Lipinski definition) is 6. The van der Waals surface area contributed by atoms with Gasteiger partial charge in [-0.15, -0.1) is 0 Å². The Balaban J connectivity index is 6.88. The van der Waals surface area contributed by atoms with Crippen molar-refractivity contribution in [3.8, 4) is 0 Å². The predicted octanol–water partition coefficient (Wildman–Crippen LogP) is 6.99. The van der Waals surface area contributed by atoms with E-state index in [0.29, 0.717) is 13.2 Å². The molecule has 0 amide bonds. The van der Waals surface area contributed by atoms with E-state index in [1.54, 1.807) is 0 Å². The Labute approximate surface area is 223 Å². The summed E-state index contributed by atoms with van der Waals surface area (Å²) in [7, 11) is 0. The molecule has 0 aliphatic rings. The maximum atomic E-state index is 14.1. The third kappa shape index (κ3) is 9.96. The summed E-state index contributed by atoms with van der Waals surface area (Å²) in [5, 5.41) is 0. The van der Waals surface area contributed by atoms with Gasteiger partial charge >= 0.3 is 11.9 Å². The van der Waals surface area contributed by atoms with E-state index in [1.165, 1.54) is 0 Å². The molecule has 0 spiro atoms. The highest BCUT2D eigenvalue weighted by atomic mass is 16.5. The van der Waals surface area contributed by atoms with Gasteiger partial charge in [-0.05, 0) is 78.6 Å². The summed E-state index contributed by atoms with van der Waals surface area (Å²) in [6.45, 7) is 20.5. The fourth-order valence-corrected chi connectivity index (χ4v) is 4.68. The fraction of sp³-hybridized carbons (Fsp3) is 0.933. The molecule has 0 saturated carbocycles. The Morgan fingerprint density at radius 2 is 0.750 bits per heavy atom. The van der Waals surface area contributed by atoms with Crippen LogP contribution in [0.5, 0.6) is 0 Å². The molecule has 0 aliphatic heterocycles. The van der Waals surface area contributed by atoms with Crippen LogP contribution in [0, 0.1) is 0 Å². The van der Waals surface area contributed by atoms with Crippen molar-refractivity contribution in [3.05, 3.63) is 0 Å². The Hall–Kier alpha value is -1.14. The summed E-state index contributed by atoms with van der Waals surface area (Å²) in [5.41, 5.74) is -2.31. The van der Waals surface area contributed by atoms with Gasteiger partial charge in [0.1, 0.15) is 11.1 Å². The molecular formula is C30H60N2O4. The molecule has 0 aliphatic carbocycles. The molecule has 6 heteroatoms. The quantitative estimate of drug-likeness (QED) is 0.109. The molecule has 0 radical (unpaired) electrons. The maximum Gasteiger partial charge on any atom is 0.328 e. The van der Waals surface area contributed by atoms with Gasteiger partial charge in [-0.1, -0.05) is 80.1 Å². The van der Waals surface area contributed by atoms with Gasteiger partial charge in [0.15, 0.2) is 0 Å². The van der Waals surface area contributed by atoms with E-state index < -0.39 is 11.1 Å². The second kappa shape index (κ2) is 19.9. The molecule has 0 aromatic carbocycles. The van der Waals surface area contributed by atoms with Gasteiger partial charge < -0.3 is 9.47 Å². The van der Waals surface area contributed by atoms with Gasteiger partial charge in [0, 0.05) is 0 Å². The van der Waals surface area contributed by atoms with Gasteiger partial charge in [-0.25, -0.2) is 9.59 Å². The lowest BCUT2D eigenvalue weighted by molar-refractivity contribution is -0.187. The van der Waals surface area contributed by atoms with Crippen molar-refractivity contribution in [2.45, 2.75) is 144 Å². The lowest BCUT2D eigenvalue weighted by Crippen LogP contribution is -2.76. The number of esters is 2. The number of unbranched alkanes of at least 4 members (excludes halogenated alkanes) is 6. The summed E-state index contributed by atoms with van der Waals surface area (Å²) in [5.74, 6) is -0.591. The molecule has 0 bridgehead atoms. The molecule has 6 nitrogen and oxygen atoms in total. The van der Waals surface area contributed by atoms with Gasteiger partial charge in [0.25, 0.3) is 0 Å². The predicted molar refractivity (Wildman–Crippen MR) is 151 cm³/mol. The molecule has 0 N–H and O–H groups in total. The van der Waals surface area contributed by atoms with Crippen LogP contribution in [-0.4, -0.2) is 72.2 Å². The Morgan fingerprint density at radius 1 is 0.500 bits per heavy atom. The van der Waals surface area contributed by atoms with E-state index in [0.717, 1.165) is 103 Å². The highest BCUT2D eigenvalue weighted by molar-refractivity contribution is 5.94. The number of hydrogen-bond donors (Lipinski definition) is 0. The third-order valence-corrected chi connectivity index (χ3v) is 7.60. The second-order valence-electron chi connectivity index (χ2n) is 10.5. The van der Waals surface area contributed by atoms with Crippen LogP contribution in [-0.2, 0) is 19.1 Å². The standard InChI is InChI=1S/C30H60N2O4/c1-9-15-21-31(22-16-10-2)29(7,27(33)35-25-19-13-5)30(8,28(34)36-26-20-14-6)32(23-17-11-3)24-18-12-4/h9-26H2,1-8H3. The summed E-state index contributed by atoms with van der Waals surface area (Å²) >= 11 is 0. The van der Waals surface area contributed by atoms with Crippen molar-refractivity contribution >= 4 is 11.9 Å². The first-order chi connectivity index (χ1) is 17.3. The van der Waals surface area contributed by atoms with Crippen molar-refractivity contribution < 1.29 is 19.1 Å². The first-order valence-corrected chi connectivity index (χ1v) is 15.1. The minimum atomic E-state index is -1.16. The minimum Gasteiger partial charge on any atom is -0.464 e. The van der Waals surface area contributed by atoms with E-state index in [-0.39, 0.29) is 11.9 Å². The van der Waals surface area contributed by atoms with Crippen LogP contribution < -0.4 is 0 Å². The summed E-state index contributed by atoms with van der Waals surface area (Å²) < 4.78 is 11.9. The van der Waals surface area contributed by atoms with E-state index in [1.807, 2.05) is 13.8 Å². The van der Waals surface area contributed by atoms with Crippen molar-refractivity contribution in [1.82, 2.24) is 9.80 Å². The van der Waals surface area contributed by atoms with Crippen LogP contribution >= 0.6 is 0 Å². The summed E-state index contributed by atoms with van der Waals surface area (Å²) in [6, 6.07) is 0. The van der Waals surface area contributed by atoms with Crippen molar-refractivity contribution in [3.63, 3.8) is 0 Å². The van der Waals surface area contributed by atoms with Crippen molar-refractivity contribution in [2.75, 3.05) is 39.4 Å². The zero-order valence-corrected chi connectivity index (χ0v) is 25.3. The molecule has 2 atom stereocenters. The monoisotopic (exact) mass is 512 g/mol. The maximum absolute atomic E-state index is 14.1. The third-order valence-electron chi connectivity index (χ3n) is 7.60. The fourth-order valence-electron chi connectivity index (χ4n) is 4.68. The first-order valence-electron chi connectivity index (χ1n) is 15.1. The number of carbonyl (C=O) groups excluding carboxylic acids is 2. The van der Waals surface area contributed by atoms with Crippen molar-refractivity contribution in [2.24, 2.45) is 0 Å². The van der Waals surface area contributed by atoms with Crippen LogP contribution in [0.4, 0.5) is 0 Å². The topological polar surface area (TPSA) is 59.1 Å². The van der Waals surface area contributed by atoms with Crippen molar-refractivity contribution in [1.29, 1.82) is 0 Å². The first kappa shape index (κ1) is 34.9. The van der Waals surface area contributed by atoms with Crippen LogP contribution in [0.2, 0.25) is 0 Å². The van der Waals surface area contributed by atoms with E-state index >= 15 is 0 Å². The molecule has 2 unspecified atom stereocenters. The average Bonchev–Trinajstić information content (AvgIpc) is 2.88. The summed E-state index contributed by atoms with van der Waals surface area (Å²) in [6.07, 6.45) is 11.5. The lowest BCUT2D eigenvalue weighted by atomic mass is 9.75. The SMILES string of the molecule is CCCCOC(=O)C(C)(N(CCCC)CCCC)C(C)(C(=O)OCCCC)N(CCCC)CCCC. The molecule has 36 heavy (non-hydrogen) atoms. The highest BCUT2D eigenvalue weighted by Crippen LogP contribution is 2.38. The van der Waals surface area contributed by atoms with E-state index in [9.17, 15) is 9.59 Å². The summed E-state index contributed by atoms with van der Waals surface area (Å²) in [4.78, 5) is 32.8. The van der Waals surface area contributed by atoms with Crippen LogP contribution in [0.3, 0.4) is 0 Å². The molecule has 0 fully saturated rings. The highest BCUT2D eigenvalue weighted by Gasteiger charge is 2.62. The van der Waals surface area contributed by atoms with Crippen LogP contribution in [0.15, 0.2) is 0 Å². The molecule has 0 saturated heterocycles. The largest absolute Gasteiger partial charge is 0.464 e. The second-order valence-corrected chi connectivity index (χ2v) is 10.5. The molecule has 0 aromatic heterocycles. The Morgan fingerprint density at radius 3 is 0.972 bits per heavy atom. The van der Waals surface area contributed by atoms with Gasteiger partial charge in [-0.2, -0.15) is 0 Å². The zero-order valence-electron chi connectivity index (χ0n) is 25.3. The molecule has 214 valence electrons. The average molecular weight is 513 g/mol. The Bertz CT molecular complexity index is 519. The number of ether oxygens (including phenoxy) is 2. The Kier molecular flexibility index (Phi) is 19.3. The number of rotatable bonds is 23. The number of carbonyl (C=O) groups is 2. The molecular weight excluding hydrogens is 452 g/mol. The van der Waals surface area contributed by atoms with E-state index in [4.69, 9.17) is 9.47 Å². The van der Waals surface area contributed by atoms with Crippen LogP contribution in [0.1, 0.15) is 132 Å². The van der Waals surface area contributed by atoms with E-state index in [2.05, 4.69) is 51.3 Å². The molecule has 0 rings (SSSR count). The minimum absolute atomic E-state index is 0.295. The van der Waals surface area contributed by atoms with Gasteiger partial charge in [-0.3, -0.25) is 9.80 Å². The molecule has 0 aromatic rings. The zero-order chi connectivity index (χ0) is 27.5. The number of nitrogens with zero attached hydrogens (tertiary/aromatic N) is 2. The van der Waals surface area contributed by atoms with Crippen LogP contribution in [0.25, 0.3) is 0 Å². The smallest absolute Gasteiger partial charge is 0.328 e. The lowest BCUT2D eigenvalue weighted by Gasteiger charge is -2.53. The van der Waals surface area contributed by atoms with Gasteiger partial charge in [0.2, 0.25) is 0 Å². The normalized spacial score (nSPS) is 15.1. The van der Waals surface area contributed by atoms with Gasteiger partial charge in [0.05, 0.1) is 13.2 Å². The molecule has 0 heterocycles.